The molecule has 2 atom stereocenters. The molecule has 0 radical (unpaired) electrons. The molecule has 1 aromatic carbocycles. The van der Waals surface area contributed by atoms with Gasteiger partial charge in [-0.3, -0.25) is 9.69 Å². The minimum atomic E-state index is 0.0112. The van der Waals surface area contributed by atoms with Gasteiger partial charge < -0.3 is 14.2 Å². The van der Waals surface area contributed by atoms with Crippen LogP contribution in [0.4, 0.5) is 0 Å². The molecule has 5 nitrogen and oxygen atoms in total. The highest BCUT2D eigenvalue weighted by atomic mass is 16.5. The zero-order valence-electron chi connectivity index (χ0n) is 14.3. The molecule has 1 saturated heterocycles. The van der Waals surface area contributed by atoms with Crippen molar-refractivity contribution in [3.8, 4) is 5.75 Å². The van der Waals surface area contributed by atoms with Crippen LogP contribution in [0.2, 0.25) is 0 Å². The van der Waals surface area contributed by atoms with Gasteiger partial charge in [-0.25, -0.2) is 0 Å². The molecular weight excluding hydrogens is 294 g/mol. The minimum Gasteiger partial charge on any atom is -0.490 e. The summed E-state index contributed by atoms with van der Waals surface area (Å²) in [5, 5.41) is 0. The topological polar surface area (TPSA) is 48.0 Å². The van der Waals surface area contributed by atoms with E-state index in [9.17, 15) is 4.79 Å². The Labute approximate surface area is 138 Å². The number of morpholine rings is 1. The molecule has 0 N–H and O–H groups in total. The summed E-state index contributed by atoms with van der Waals surface area (Å²) in [7, 11) is 0. The van der Waals surface area contributed by atoms with Crippen molar-refractivity contribution in [2.45, 2.75) is 33.0 Å². The molecule has 0 aromatic heterocycles. The average Bonchev–Trinajstić information content (AvgIpc) is 2.50. The summed E-state index contributed by atoms with van der Waals surface area (Å²) < 4.78 is 17.0. The van der Waals surface area contributed by atoms with Crippen LogP contribution in [0.1, 0.15) is 31.1 Å². The van der Waals surface area contributed by atoms with E-state index in [0.717, 1.165) is 19.6 Å². The van der Waals surface area contributed by atoms with Gasteiger partial charge >= 0.3 is 0 Å². The fraction of sp³-hybridized carbons (Fsp3) is 0.611. The number of Topliss-reactive ketones (excluding diaryl/α,β-unsaturated/α-hetero) is 1. The lowest BCUT2D eigenvalue weighted by atomic mass is 10.1. The maximum atomic E-state index is 11.5. The number of carbonyl (C=O) groups excluding carboxylic acids is 1. The molecule has 0 unspecified atom stereocenters. The first-order valence-corrected chi connectivity index (χ1v) is 8.24. The lowest BCUT2D eigenvalue weighted by molar-refractivity contribution is -0.0734. The van der Waals surface area contributed by atoms with E-state index in [2.05, 4.69) is 18.7 Å². The molecule has 0 bridgehead atoms. The van der Waals surface area contributed by atoms with E-state index in [0.29, 0.717) is 31.1 Å². The van der Waals surface area contributed by atoms with E-state index >= 15 is 0 Å². The molecule has 0 saturated carbocycles. The normalized spacial score (nSPS) is 22.0. The Kier molecular flexibility index (Phi) is 7.02. The van der Waals surface area contributed by atoms with Gasteiger partial charge in [-0.05, 0) is 32.9 Å². The van der Waals surface area contributed by atoms with E-state index in [4.69, 9.17) is 14.2 Å². The summed E-state index contributed by atoms with van der Waals surface area (Å²) in [5.74, 6) is 0.636. The maximum Gasteiger partial charge on any atom is 0.163 e. The lowest BCUT2D eigenvalue weighted by Crippen LogP contribution is -2.46. The quantitative estimate of drug-likeness (QED) is 0.543. The van der Waals surface area contributed by atoms with Crippen molar-refractivity contribution in [1.82, 2.24) is 4.90 Å². The van der Waals surface area contributed by atoms with Gasteiger partial charge in [0.1, 0.15) is 12.4 Å². The van der Waals surface area contributed by atoms with Crippen molar-refractivity contribution in [1.29, 1.82) is 0 Å². The van der Waals surface area contributed by atoms with Gasteiger partial charge in [-0.2, -0.15) is 0 Å². The van der Waals surface area contributed by atoms with Gasteiger partial charge in [-0.15, -0.1) is 0 Å². The van der Waals surface area contributed by atoms with Gasteiger partial charge in [-0.1, -0.05) is 12.1 Å². The molecule has 5 heteroatoms. The number of rotatable bonds is 8. The first-order valence-electron chi connectivity index (χ1n) is 8.24. The number of hydrogen-bond acceptors (Lipinski definition) is 5. The second-order valence-corrected chi connectivity index (χ2v) is 6.03. The Morgan fingerprint density at radius 2 is 1.87 bits per heavy atom. The van der Waals surface area contributed by atoms with Crippen LogP contribution < -0.4 is 4.74 Å². The third-order valence-corrected chi connectivity index (χ3v) is 3.80. The van der Waals surface area contributed by atoms with Crippen LogP contribution >= 0.6 is 0 Å². The molecule has 1 aromatic rings. The highest BCUT2D eigenvalue weighted by Gasteiger charge is 2.21. The van der Waals surface area contributed by atoms with Gasteiger partial charge in [0.15, 0.2) is 5.78 Å². The number of benzene rings is 1. The molecule has 1 heterocycles. The molecule has 23 heavy (non-hydrogen) atoms. The lowest BCUT2D eigenvalue weighted by Gasteiger charge is -2.35. The average molecular weight is 321 g/mol. The number of nitrogens with zero attached hydrogens (tertiary/aromatic N) is 1. The van der Waals surface area contributed by atoms with Gasteiger partial charge in [0, 0.05) is 19.6 Å². The summed E-state index contributed by atoms with van der Waals surface area (Å²) in [4.78, 5) is 13.9. The molecular formula is C18H27NO4. The predicted molar refractivity (Wildman–Crippen MR) is 89.2 cm³/mol. The standard InChI is InChI=1S/C18H27NO4/c1-14-12-19(13-15(2)23-14)8-9-21-10-11-22-18-7-5-4-6-17(18)16(3)20/h4-7,14-15H,8-13H2,1-3H3/t14-,15-/m1/s1. The Hall–Kier alpha value is -1.43. The van der Waals surface area contributed by atoms with Crippen molar-refractivity contribution < 1.29 is 19.0 Å². The molecule has 2 rings (SSSR count). The monoisotopic (exact) mass is 321 g/mol. The fourth-order valence-corrected chi connectivity index (χ4v) is 2.86. The van der Waals surface area contributed by atoms with E-state index < -0.39 is 0 Å². The van der Waals surface area contributed by atoms with Crippen molar-refractivity contribution >= 4 is 5.78 Å². The minimum absolute atomic E-state index is 0.0112. The number of hydrogen-bond donors (Lipinski definition) is 0. The Balaban J connectivity index is 1.62. The largest absolute Gasteiger partial charge is 0.490 e. The summed E-state index contributed by atoms with van der Waals surface area (Å²) >= 11 is 0. The van der Waals surface area contributed by atoms with Crippen LogP contribution in [0.5, 0.6) is 5.75 Å². The molecule has 0 aliphatic carbocycles. The Morgan fingerprint density at radius 1 is 1.17 bits per heavy atom. The Morgan fingerprint density at radius 3 is 2.57 bits per heavy atom. The summed E-state index contributed by atoms with van der Waals surface area (Å²) in [5.41, 5.74) is 0.615. The first kappa shape index (κ1) is 17.9. The van der Waals surface area contributed by atoms with Gasteiger partial charge in [0.2, 0.25) is 0 Å². The van der Waals surface area contributed by atoms with Crippen LogP contribution in [0, 0.1) is 0 Å². The molecule has 1 aliphatic rings. The number of para-hydroxylation sites is 1. The predicted octanol–water partition coefficient (Wildman–Crippen LogP) is 2.39. The first-order chi connectivity index (χ1) is 11.1. The third kappa shape index (κ3) is 5.94. The van der Waals surface area contributed by atoms with Crippen molar-refractivity contribution in [3.05, 3.63) is 29.8 Å². The van der Waals surface area contributed by atoms with E-state index in [1.807, 2.05) is 18.2 Å². The molecule has 0 amide bonds. The van der Waals surface area contributed by atoms with Crippen LogP contribution in [-0.2, 0) is 9.47 Å². The highest BCUT2D eigenvalue weighted by molar-refractivity contribution is 5.96. The van der Waals surface area contributed by atoms with E-state index in [-0.39, 0.29) is 18.0 Å². The van der Waals surface area contributed by atoms with Crippen molar-refractivity contribution in [2.75, 3.05) is 39.5 Å². The molecule has 1 aliphatic heterocycles. The van der Waals surface area contributed by atoms with Crippen LogP contribution in [-0.4, -0.2) is 62.3 Å². The fourth-order valence-electron chi connectivity index (χ4n) is 2.86. The zero-order chi connectivity index (χ0) is 16.7. The summed E-state index contributed by atoms with van der Waals surface area (Å²) in [6, 6.07) is 7.29. The van der Waals surface area contributed by atoms with Crippen LogP contribution in [0.3, 0.4) is 0 Å². The summed E-state index contributed by atoms with van der Waals surface area (Å²) in [6.45, 7) is 10.2. The van der Waals surface area contributed by atoms with Crippen molar-refractivity contribution in [2.24, 2.45) is 0 Å². The second kappa shape index (κ2) is 9.01. The number of ether oxygens (including phenoxy) is 3. The van der Waals surface area contributed by atoms with Gasteiger partial charge in [0.05, 0.1) is 31.0 Å². The van der Waals surface area contributed by atoms with E-state index in [1.54, 1.807) is 13.0 Å². The molecule has 1 fully saturated rings. The highest BCUT2D eigenvalue weighted by Crippen LogP contribution is 2.18. The third-order valence-electron chi connectivity index (χ3n) is 3.80. The zero-order valence-corrected chi connectivity index (χ0v) is 14.3. The maximum absolute atomic E-state index is 11.5. The van der Waals surface area contributed by atoms with Crippen molar-refractivity contribution in [3.63, 3.8) is 0 Å². The molecule has 0 spiro atoms. The van der Waals surface area contributed by atoms with Crippen LogP contribution in [0.15, 0.2) is 24.3 Å². The number of carbonyl (C=O) groups is 1. The molecule has 128 valence electrons. The van der Waals surface area contributed by atoms with Crippen LogP contribution in [0.25, 0.3) is 0 Å². The Bertz CT molecular complexity index is 496. The number of ketones is 1. The SMILES string of the molecule is CC(=O)c1ccccc1OCCOCCN1C[C@@H](C)O[C@H](C)C1. The van der Waals surface area contributed by atoms with E-state index in [1.165, 1.54) is 0 Å². The second-order valence-electron chi connectivity index (χ2n) is 6.03. The smallest absolute Gasteiger partial charge is 0.163 e. The van der Waals surface area contributed by atoms with Gasteiger partial charge in [0.25, 0.3) is 0 Å². The summed E-state index contributed by atoms with van der Waals surface area (Å²) in [6.07, 6.45) is 0.565.